The number of aromatic nitrogens is 2. The molecule has 2 aliphatic rings. The third kappa shape index (κ3) is 5.61. The van der Waals surface area contributed by atoms with Crippen LogP contribution in [0.4, 0.5) is 10.5 Å². The highest BCUT2D eigenvalue weighted by Crippen LogP contribution is 2.47. The molecule has 3 heterocycles. The third-order valence-electron chi connectivity index (χ3n) is 6.44. The van der Waals surface area contributed by atoms with E-state index in [4.69, 9.17) is 25.8 Å². The van der Waals surface area contributed by atoms with Gasteiger partial charge in [-0.05, 0) is 49.0 Å². The van der Waals surface area contributed by atoms with E-state index in [1.807, 2.05) is 12.1 Å². The van der Waals surface area contributed by atoms with Gasteiger partial charge in [0.05, 0.1) is 9.90 Å². The maximum Gasteiger partial charge on any atom is 0.412 e. The van der Waals surface area contributed by atoms with Crippen molar-refractivity contribution >= 4 is 52.3 Å². The van der Waals surface area contributed by atoms with Gasteiger partial charge in [0.15, 0.2) is 16.5 Å². The van der Waals surface area contributed by atoms with E-state index in [9.17, 15) is 9.59 Å². The SMILES string of the molecule is Cc1onc(C#Cc2nc3c(s2)SC2=CC(CC(=O)CC2)C3C)c1NC(=O)OC(C)c1ccccc1Cl. The molecule has 1 N–H and O–H groups in total. The predicted octanol–water partition coefficient (Wildman–Crippen LogP) is 7.26. The van der Waals surface area contributed by atoms with Crippen LogP contribution < -0.4 is 5.32 Å². The lowest BCUT2D eigenvalue weighted by Crippen LogP contribution is -2.17. The number of allylic oxidation sites excluding steroid dienone is 2. The van der Waals surface area contributed by atoms with Crippen LogP contribution in [-0.4, -0.2) is 22.0 Å². The fourth-order valence-electron chi connectivity index (χ4n) is 4.35. The van der Waals surface area contributed by atoms with Crippen molar-refractivity contribution in [1.82, 2.24) is 10.1 Å². The van der Waals surface area contributed by atoms with Crippen LogP contribution in [-0.2, 0) is 9.53 Å². The van der Waals surface area contributed by atoms with Gasteiger partial charge < -0.3 is 9.26 Å². The smallest absolute Gasteiger partial charge is 0.412 e. The fraction of sp³-hybridized carbons (Fsp3) is 0.333. The number of thiazole rings is 1. The van der Waals surface area contributed by atoms with E-state index >= 15 is 0 Å². The summed E-state index contributed by atoms with van der Waals surface area (Å²) in [6, 6.07) is 7.20. The number of thioether (sulfide) groups is 1. The standard InChI is InChI=1S/C27H24ClN3O4S2/c1-14-17-12-18(32)8-9-19(13-17)36-26-24(14)29-23(37-26)11-10-22-25(16(3)35-31-22)30-27(33)34-15(2)20-6-4-5-7-21(20)28/h4-7,13-15,17H,8-9,12H2,1-3H3,(H,30,33). The lowest BCUT2D eigenvalue weighted by Gasteiger charge is -2.17. The van der Waals surface area contributed by atoms with E-state index in [1.165, 1.54) is 16.2 Å². The molecule has 0 spiro atoms. The molecule has 3 atom stereocenters. The fourth-order valence-corrected chi connectivity index (χ4v) is 7.14. The minimum absolute atomic E-state index is 0.134. The number of carbonyl (C=O) groups excluding carboxylic acids is 2. The second-order valence-corrected chi connectivity index (χ2v) is 11.8. The summed E-state index contributed by atoms with van der Waals surface area (Å²) in [7, 11) is 0. The molecule has 2 aromatic heterocycles. The number of carbonyl (C=O) groups is 2. The summed E-state index contributed by atoms with van der Waals surface area (Å²) in [5.41, 5.74) is 2.32. The molecule has 37 heavy (non-hydrogen) atoms. The molecule has 190 valence electrons. The summed E-state index contributed by atoms with van der Waals surface area (Å²) in [5.74, 6) is 7.07. The second kappa shape index (κ2) is 10.7. The normalized spacial score (nSPS) is 19.5. The van der Waals surface area contributed by atoms with Gasteiger partial charge in [-0.3, -0.25) is 10.1 Å². The summed E-state index contributed by atoms with van der Waals surface area (Å²) in [5, 5.41) is 7.86. The van der Waals surface area contributed by atoms with Gasteiger partial charge in [-0.25, -0.2) is 9.78 Å². The first-order chi connectivity index (χ1) is 17.8. The number of anilines is 1. The van der Waals surface area contributed by atoms with Crippen LogP contribution in [0.3, 0.4) is 0 Å². The van der Waals surface area contributed by atoms with E-state index in [0.717, 1.165) is 16.3 Å². The van der Waals surface area contributed by atoms with Crippen LogP contribution in [0, 0.1) is 24.7 Å². The number of fused-ring (bicyclic) bond motifs is 2. The zero-order valence-electron chi connectivity index (χ0n) is 20.5. The molecule has 10 heteroatoms. The Morgan fingerprint density at radius 2 is 2.11 bits per heavy atom. The predicted molar refractivity (Wildman–Crippen MR) is 144 cm³/mol. The van der Waals surface area contributed by atoms with Crippen LogP contribution in [0.15, 0.2) is 44.0 Å². The first-order valence-electron chi connectivity index (χ1n) is 11.9. The van der Waals surface area contributed by atoms with E-state index < -0.39 is 12.2 Å². The number of nitrogens with one attached hydrogen (secondary N) is 1. The molecule has 5 rings (SSSR count). The zero-order chi connectivity index (χ0) is 26.1. The van der Waals surface area contributed by atoms with Crippen molar-refractivity contribution in [3.05, 3.63) is 68.0 Å². The number of halogens is 1. The van der Waals surface area contributed by atoms with Crippen molar-refractivity contribution in [3.8, 4) is 11.8 Å². The van der Waals surface area contributed by atoms with E-state index in [0.29, 0.717) is 45.7 Å². The molecule has 3 aromatic rings. The molecule has 0 saturated carbocycles. The molecule has 2 bridgehead atoms. The Kier molecular flexibility index (Phi) is 7.43. The van der Waals surface area contributed by atoms with E-state index in [2.05, 4.69) is 35.3 Å². The van der Waals surface area contributed by atoms with Gasteiger partial charge in [-0.15, -0.1) is 0 Å². The maximum atomic E-state index is 12.6. The van der Waals surface area contributed by atoms with Crippen LogP contribution in [0.1, 0.15) is 72.9 Å². The highest BCUT2D eigenvalue weighted by atomic mass is 35.5. The van der Waals surface area contributed by atoms with Crippen LogP contribution in [0.5, 0.6) is 0 Å². The second-order valence-electron chi connectivity index (χ2n) is 9.03. The number of Topliss-reactive ketones (excluding diaryl/α,β-unsaturated/α-hetero) is 1. The number of rotatable bonds is 3. The van der Waals surface area contributed by atoms with Gasteiger partial charge in [-0.1, -0.05) is 71.1 Å². The number of hydrogen-bond donors (Lipinski definition) is 1. The molecule has 3 unspecified atom stereocenters. The zero-order valence-corrected chi connectivity index (χ0v) is 22.9. The minimum Gasteiger partial charge on any atom is -0.441 e. The van der Waals surface area contributed by atoms with Gasteiger partial charge in [0, 0.05) is 29.3 Å². The highest BCUT2D eigenvalue weighted by molar-refractivity contribution is 8.04. The number of benzene rings is 1. The molecule has 0 saturated heterocycles. The first-order valence-corrected chi connectivity index (χ1v) is 13.9. The molecule has 1 aliphatic heterocycles. The van der Waals surface area contributed by atoms with E-state index in [1.54, 1.807) is 37.7 Å². The van der Waals surface area contributed by atoms with Crippen LogP contribution in [0.2, 0.25) is 5.02 Å². The van der Waals surface area contributed by atoms with Gasteiger partial charge in [-0.2, -0.15) is 0 Å². The number of ether oxygens (including phenoxy) is 1. The lowest BCUT2D eigenvalue weighted by atomic mass is 9.88. The Balaban J connectivity index is 1.33. The molecular weight excluding hydrogens is 530 g/mol. The Hall–Kier alpha value is -3.06. The Morgan fingerprint density at radius 1 is 1.30 bits per heavy atom. The van der Waals surface area contributed by atoms with Gasteiger partial charge >= 0.3 is 6.09 Å². The maximum absolute atomic E-state index is 12.6. The van der Waals surface area contributed by atoms with Gasteiger partial charge in [0.2, 0.25) is 0 Å². The molecule has 1 amide bonds. The molecule has 0 radical (unpaired) electrons. The third-order valence-corrected chi connectivity index (χ3v) is 9.06. The monoisotopic (exact) mass is 553 g/mol. The highest BCUT2D eigenvalue weighted by Gasteiger charge is 2.31. The number of hydrogen-bond acceptors (Lipinski definition) is 8. The Bertz CT molecular complexity index is 1470. The lowest BCUT2D eigenvalue weighted by molar-refractivity contribution is -0.119. The topological polar surface area (TPSA) is 94.3 Å². The van der Waals surface area contributed by atoms with Crippen LogP contribution in [0.25, 0.3) is 0 Å². The van der Waals surface area contributed by atoms with Crippen molar-refractivity contribution in [2.24, 2.45) is 5.92 Å². The minimum atomic E-state index is -0.668. The average molecular weight is 554 g/mol. The van der Waals surface area contributed by atoms with Crippen molar-refractivity contribution in [1.29, 1.82) is 0 Å². The number of nitrogens with zero attached hydrogens (tertiary/aromatic N) is 2. The number of aryl methyl sites for hydroxylation is 1. The summed E-state index contributed by atoms with van der Waals surface area (Å²) in [6.07, 6.45) is 2.97. The number of ketones is 1. The Morgan fingerprint density at radius 3 is 2.92 bits per heavy atom. The largest absolute Gasteiger partial charge is 0.441 e. The van der Waals surface area contributed by atoms with E-state index in [-0.39, 0.29) is 17.5 Å². The molecule has 7 nitrogen and oxygen atoms in total. The summed E-state index contributed by atoms with van der Waals surface area (Å²) >= 11 is 9.44. The molecule has 0 fully saturated rings. The molecule has 1 aromatic carbocycles. The van der Waals surface area contributed by atoms with Crippen LogP contribution >= 0.6 is 34.7 Å². The first kappa shape index (κ1) is 25.6. The van der Waals surface area contributed by atoms with Crippen molar-refractivity contribution in [2.75, 3.05) is 5.32 Å². The molecular formula is C27H24ClN3O4S2. The summed E-state index contributed by atoms with van der Waals surface area (Å²) in [6.45, 7) is 5.55. The summed E-state index contributed by atoms with van der Waals surface area (Å²) < 4.78 is 11.9. The van der Waals surface area contributed by atoms with Crippen molar-refractivity contribution in [2.45, 2.75) is 56.3 Å². The summed E-state index contributed by atoms with van der Waals surface area (Å²) in [4.78, 5) is 30.8. The van der Waals surface area contributed by atoms with Crippen molar-refractivity contribution in [3.63, 3.8) is 0 Å². The molecule has 1 aliphatic carbocycles. The number of amides is 1. The van der Waals surface area contributed by atoms with Gasteiger partial charge in [0.1, 0.15) is 17.6 Å². The quantitative estimate of drug-likeness (QED) is 0.341. The average Bonchev–Trinajstić information content (AvgIpc) is 3.32. The van der Waals surface area contributed by atoms with Gasteiger partial charge in [0.25, 0.3) is 0 Å². The Labute approximate surface area is 228 Å². The van der Waals surface area contributed by atoms with Crippen molar-refractivity contribution < 1.29 is 18.8 Å².